The molecule has 50 heavy (non-hydrogen) atoms. The summed E-state index contributed by atoms with van der Waals surface area (Å²) >= 11 is 3.67. The minimum absolute atomic E-state index is 0.0453. The van der Waals surface area contributed by atoms with Crippen molar-refractivity contribution in [3.05, 3.63) is 40.0 Å². The second-order valence-electron chi connectivity index (χ2n) is 11.0. The number of aliphatic hydroxyl groups excluding tert-OH is 2. The number of hydrogen-bond donors (Lipinski definition) is 8. The molecule has 0 aromatic carbocycles. The molecular weight excluding hydrogens is 745 g/mol. The maximum absolute atomic E-state index is 12.4. The minimum atomic E-state index is -1.06. The number of aromatic nitrogens is 6. The van der Waals surface area contributed by atoms with Crippen molar-refractivity contribution in [2.75, 3.05) is 11.5 Å². The fourth-order valence-corrected chi connectivity index (χ4v) is 9.77. The largest absolute Gasteiger partial charge is 0.481 e. The molecule has 2 saturated heterocycles. The lowest BCUT2D eigenvalue weighted by molar-refractivity contribution is -0.139. The maximum Gasteiger partial charge on any atom is 0.311 e. The normalized spacial score (nSPS) is 24.6. The number of aromatic amines is 2. The zero-order chi connectivity index (χ0) is 36.6. The molecule has 2 aliphatic heterocycles. The quantitative estimate of drug-likeness (QED) is 0.104. The standard InChI is InChI=1S/2C13H16N4O6S2/c2*1-2-4(18)11-23-10(5(24-11)3-6(19)20)17-8-7(25-13(17)22)9(21)16-12(14)15-8/h2*4-5,10-11,18H,2-3H2,1H3,(H,19,20)(H3,14,15,16,21)/t4-,5-,10+,11+;4-,5-,10+,11-/m00/s1. The number of H-pyrrole nitrogens is 2. The summed E-state index contributed by atoms with van der Waals surface area (Å²) in [5.41, 5.74) is 8.75. The summed E-state index contributed by atoms with van der Waals surface area (Å²) in [6.45, 7) is 3.53. The number of aliphatic hydroxyl groups is 2. The van der Waals surface area contributed by atoms with Crippen LogP contribution in [-0.2, 0) is 19.1 Å². The van der Waals surface area contributed by atoms with Crippen LogP contribution in [-0.4, -0.2) is 95.0 Å². The molecule has 0 aliphatic carbocycles. The maximum atomic E-state index is 12.4. The molecule has 0 saturated carbocycles. The summed E-state index contributed by atoms with van der Waals surface area (Å²) in [6, 6.07) is 0. The smallest absolute Gasteiger partial charge is 0.311 e. The van der Waals surface area contributed by atoms with Gasteiger partial charge in [0.2, 0.25) is 11.9 Å². The number of fused-ring (bicyclic) bond motifs is 2. The summed E-state index contributed by atoms with van der Waals surface area (Å²) in [5, 5.41) is 37.1. The van der Waals surface area contributed by atoms with Crippen molar-refractivity contribution in [1.82, 2.24) is 29.1 Å². The highest BCUT2D eigenvalue weighted by atomic mass is 32.2. The van der Waals surface area contributed by atoms with Gasteiger partial charge in [-0.1, -0.05) is 36.5 Å². The highest BCUT2D eigenvalue weighted by Gasteiger charge is 2.44. The summed E-state index contributed by atoms with van der Waals surface area (Å²) in [4.78, 5) is 82.7. The van der Waals surface area contributed by atoms with Crippen LogP contribution in [0.15, 0.2) is 19.2 Å². The molecule has 2 aliphatic rings. The molecule has 8 atom stereocenters. The Morgan fingerprint density at radius 3 is 1.44 bits per heavy atom. The predicted molar refractivity (Wildman–Crippen MR) is 186 cm³/mol. The SMILES string of the molecule is CC[C@H](O)[C@@H]1O[C@@H](n2c(=O)sc3c(=O)[nH]c(N)nc32)[C@H](CC(=O)O)S1.CC[C@H](O)[C@H]1O[C@@H](n2c(=O)sc3c(=O)[nH]c(N)nc32)[C@H](CC(=O)O)S1. The summed E-state index contributed by atoms with van der Waals surface area (Å²) < 4.78 is 14.0. The molecule has 4 aromatic rings. The Kier molecular flexibility index (Phi) is 11.4. The Morgan fingerprint density at radius 2 is 1.12 bits per heavy atom. The molecule has 272 valence electrons. The van der Waals surface area contributed by atoms with E-state index in [1.54, 1.807) is 13.8 Å². The number of thiazole rings is 2. The lowest BCUT2D eigenvalue weighted by Crippen LogP contribution is -2.29. The number of carbonyl (C=O) groups is 2. The number of ether oxygens (including phenoxy) is 2. The van der Waals surface area contributed by atoms with Crippen molar-refractivity contribution in [2.24, 2.45) is 0 Å². The van der Waals surface area contributed by atoms with E-state index in [4.69, 9.17) is 31.2 Å². The Balaban J connectivity index is 0.000000194. The van der Waals surface area contributed by atoms with Gasteiger partial charge >= 0.3 is 21.7 Å². The van der Waals surface area contributed by atoms with Gasteiger partial charge in [-0.05, 0) is 12.8 Å². The number of thioether (sulfide) groups is 2. The van der Waals surface area contributed by atoms with Crippen molar-refractivity contribution in [3.63, 3.8) is 0 Å². The molecule has 20 nitrogen and oxygen atoms in total. The first-order valence-electron chi connectivity index (χ1n) is 14.9. The molecule has 10 N–H and O–H groups in total. The van der Waals surface area contributed by atoms with Crippen LogP contribution in [0.3, 0.4) is 0 Å². The van der Waals surface area contributed by atoms with Crippen LogP contribution < -0.4 is 32.3 Å². The van der Waals surface area contributed by atoms with Crippen molar-refractivity contribution in [1.29, 1.82) is 0 Å². The van der Waals surface area contributed by atoms with Gasteiger partial charge in [-0.2, -0.15) is 9.97 Å². The Bertz CT molecular complexity index is 1990. The van der Waals surface area contributed by atoms with Crippen LogP contribution in [0.5, 0.6) is 0 Å². The average molecular weight is 777 g/mol. The number of anilines is 2. The molecular formula is C26H32N8O12S4. The van der Waals surface area contributed by atoms with E-state index in [9.17, 15) is 39.0 Å². The first-order valence-corrected chi connectivity index (χ1v) is 18.4. The Hall–Kier alpha value is -3.78. The van der Waals surface area contributed by atoms with E-state index >= 15 is 0 Å². The number of rotatable bonds is 10. The zero-order valence-corrected chi connectivity index (χ0v) is 29.3. The van der Waals surface area contributed by atoms with Crippen molar-refractivity contribution >= 4 is 90.7 Å². The number of nitrogen functional groups attached to an aromatic ring is 2. The molecule has 6 heterocycles. The fourth-order valence-electron chi connectivity index (χ4n) is 5.18. The molecule has 0 bridgehead atoms. The monoisotopic (exact) mass is 776 g/mol. The van der Waals surface area contributed by atoms with Crippen LogP contribution in [0.25, 0.3) is 20.7 Å². The van der Waals surface area contributed by atoms with Gasteiger partial charge in [-0.3, -0.25) is 47.9 Å². The highest BCUT2D eigenvalue weighted by Crippen LogP contribution is 2.44. The predicted octanol–water partition coefficient (Wildman–Crippen LogP) is -0.138. The average Bonchev–Trinajstić information content (AvgIpc) is 3.79. The highest BCUT2D eigenvalue weighted by molar-refractivity contribution is 8.00. The van der Waals surface area contributed by atoms with Gasteiger partial charge in [-0.15, -0.1) is 23.5 Å². The lowest BCUT2D eigenvalue weighted by Gasteiger charge is -2.18. The second-order valence-corrected chi connectivity index (χ2v) is 15.6. The van der Waals surface area contributed by atoms with E-state index in [2.05, 4.69) is 19.9 Å². The van der Waals surface area contributed by atoms with Gasteiger partial charge in [-0.25, -0.2) is 0 Å². The topological polar surface area (TPSA) is 321 Å². The number of carboxylic acids is 2. The number of nitrogens with one attached hydrogen (secondary N) is 2. The zero-order valence-electron chi connectivity index (χ0n) is 26.1. The van der Waals surface area contributed by atoms with Crippen LogP contribution in [0.2, 0.25) is 0 Å². The molecule has 0 radical (unpaired) electrons. The van der Waals surface area contributed by atoms with Gasteiger partial charge in [0.05, 0.1) is 35.5 Å². The molecule has 0 spiro atoms. The summed E-state index contributed by atoms with van der Waals surface area (Å²) in [6.07, 6.45) is -3.29. The Labute approximate surface area is 295 Å². The lowest BCUT2D eigenvalue weighted by atomic mass is 10.2. The van der Waals surface area contributed by atoms with Crippen LogP contribution in [0.4, 0.5) is 11.9 Å². The van der Waals surface area contributed by atoms with Crippen molar-refractivity contribution < 1.29 is 39.5 Å². The first kappa shape index (κ1) is 37.5. The number of carboxylic acid groups (broad SMARTS) is 2. The van der Waals surface area contributed by atoms with E-state index in [-0.39, 0.29) is 45.4 Å². The molecule has 0 amide bonds. The van der Waals surface area contributed by atoms with Crippen LogP contribution >= 0.6 is 46.2 Å². The second kappa shape index (κ2) is 15.2. The fraction of sp³-hybridized carbons (Fsp3) is 0.538. The van der Waals surface area contributed by atoms with E-state index in [0.29, 0.717) is 35.5 Å². The van der Waals surface area contributed by atoms with Crippen molar-refractivity contribution in [3.8, 4) is 0 Å². The van der Waals surface area contributed by atoms with E-state index in [1.165, 1.54) is 0 Å². The van der Waals surface area contributed by atoms with E-state index in [1.807, 2.05) is 0 Å². The van der Waals surface area contributed by atoms with Crippen LogP contribution in [0.1, 0.15) is 52.0 Å². The Morgan fingerprint density at radius 1 is 0.760 bits per heavy atom. The van der Waals surface area contributed by atoms with Crippen LogP contribution in [0, 0.1) is 0 Å². The van der Waals surface area contributed by atoms with Gasteiger partial charge in [0.1, 0.15) is 20.3 Å². The van der Waals surface area contributed by atoms with E-state index in [0.717, 1.165) is 32.7 Å². The third-order valence-corrected chi connectivity index (χ3v) is 12.3. The number of hydrogen-bond acceptors (Lipinski definition) is 18. The first-order chi connectivity index (χ1) is 23.6. The minimum Gasteiger partial charge on any atom is -0.481 e. The van der Waals surface area contributed by atoms with Gasteiger partial charge in [0, 0.05) is 0 Å². The molecule has 2 fully saturated rings. The number of nitrogens with two attached hydrogens (primary N) is 2. The molecule has 0 unspecified atom stereocenters. The summed E-state index contributed by atoms with van der Waals surface area (Å²) in [7, 11) is 0. The third-order valence-electron chi connectivity index (χ3n) is 7.51. The number of nitrogens with zero attached hydrogens (tertiary/aromatic N) is 4. The summed E-state index contributed by atoms with van der Waals surface area (Å²) in [5.74, 6) is -2.43. The third kappa shape index (κ3) is 7.60. The van der Waals surface area contributed by atoms with E-state index < -0.39 is 78.8 Å². The van der Waals surface area contributed by atoms with Gasteiger partial charge < -0.3 is 41.4 Å². The molecule has 6 rings (SSSR count). The molecule has 4 aromatic heterocycles. The molecule has 24 heteroatoms. The van der Waals surface area contributed by atoms with Gasteiger partial charge in [0.25, 0.3) is 11.1 Å². The van der Waals surface area contributed by atoms with Gasteiger partial charge in [0.15, 0.2) is 23.8 Å². The van der Waals surface area contributed by atoms with Crippen molar-refractivity contribution in [2.45, 2.75) is 85.6 Å². The number of aliphatic carboxylic acids is 2.